The summed E-state index contributed by atoms with van der Waals surface area (Å²) in [5, 5.41) is 9.58. The molecule has 0 aliphatic rings. The minimum atomic E-state index is 0.882. The molecular formula is C62H40N2O. The second-order valence-electron chi connectivity index (χ2n) is 16.8. The maximum absolute atomic E-state index is 6.66. The molecule has 0 radical (unpaired) electrons. The van der Waals surface area contributed by atoms with E-state index in [9.17, 15) is 0 Å². The molecule has 0 amide bonds. The predicted octanol–water partition coefficient (Wildman–Crippen LogP) is 17.5. The van der Waals surface area contributed by atoms with Crippen molar-refractivity contribution >= 4 is 82.4 Å². The van der Waals surface area contributed by atoms with Crippen LogP contribution in [0, 0.1) is 0 Å². The number of furan rings is 1. The number of para-hydroxylation sites is 4. The number of anilines is 3. The Morgan fingerprint density at radius 1 is 0.323 bits per heavy atom. The van der Waals surface area contributed by atoms with Crippen molar-refractivity contribution in [1.82, 2.24) is 4.57 Å². The molecule has 0 spiro atoms. The smallest absolute Gasteiger partial charge is 0.159 e. The summed E-state index contributed by atoms with van der Waals surface area (Å²) in [4.78, 5) is 2.42. The third-order valence-corrected chi connectivity index (χ3v) is 13.2. The molecule has 13 rings (SSSR count). The number of fused-ring (bicyclic) bond motifs is 8. The molecule has 0 N–H and O–H groups in total. The molecule has 2 aromatic heterocycles. The lowest BCUT2D eigenvalue weighted by Gasteiger charge is -2.28. The highest BCUT2D eigenvalue weighted by Crippen LogP contribution is 2.47. The molecule has 304 valence electrons. The highest BCUT2D eigenvalue weighted by molar-refractivity contribution is 6.18. The average Bonchev–Trinajstić information content (AvgIpc) is 3.93. The van der Waals surface area contributed by atoms with E-state index in [2.05, 4.69) is 246 Å². The van der Waals surface area contributed by atoms with Crippen molar-refractivity contribution < 1.29 is 4.42 Å². The summed E-state index contributed by atoms with van der Waals surface area (Å²) < 4.78 is 9.04. The monoisotopic (exact) mass is 828 g/mol. The Morgan fingerprint density at radius 2 is 0.800 bits per heavy atom. The van der Waals surface area contributed by atoms with Gasteiger partial charge in [0.1, 0.15) is 5.58 Å². The molecule has 65 heavy (non-hydrogen) atoms. The lowest BCUT2D eigenvalue weighted by atomic mass is 9.95. The van der Waals surface area contributed by atoms with Gasteiger partial charge in [-0.15, -0.1) is 0 Å². The number of rotatable bonds is 7. The zero-order chi connectivity index (χ0) is 42.8. The third kappa shape index (κ3) is 5.97. The number of aromatic nitrogens is 1. The molecule has 11 aromatic carbocycles. The second-order valence-corrected chi connectivity index (χ2v) is 16.8. The summed E-state index contributed by atoms with van der Waals surface area (Å²) in [5.74, 6) is 0. The molecule has 0 atom stereocenters. The Morgan fingerprint density at radius 3 is 1.49 bits per heavy atom. The minimum Gasteiger partial charge on any atom is -0.454 e. The van der Waals surface area contributed by atoms with E-state index in [1.54, 1.807) is 0 Å². The first kappa shape index (κ1) is 36.9. The van der Waals surface area contributed by atoms with Gasteiger partial charge >= 0.3 is 0 Å². The van der Waals surface area contributed by atoms with Gasteiger partial charge in [-0.3, -0.25) is 0 Å². The van der Waals surface area contributed by atoms with Gasteiger partial charge < -0.3 is 13.9 Å². The van der Waals surface area contributed by atoms with E-state index in [0.29, 0.717) is 0 Å². The molecule has 0 saturated heterocycles. The summed E-state index contributed by atoms with van der Waals surface area (Å²) in [6.07, 6.45) is 0. The molecule has 0 unspecified atom stereocenters. The minimum absolute atomic E-state index is 0.882. The molecule has 0 fully saturated rings. The summed E-state index contributed by atoms with van der Waals surface area (Å²) in [5.41, 5.74) is 15.4. The Hall–Kier alpha value is -8.66. The van der Waals surface area contributed by atoms with E-state index in [1.165, 1.54) is 54.6 Å². The maximum Gasteiger partial charge on any atom is 0.159 e. The van der Waals surface area contributed by atoms with Gasteiger partial charge in [0.05, 0.1) is 22.4 Å². The third-order valence-electron chi connectivity index (χ3n) is 13.2. The number of benzene rings is 11. The molecular weight excluding hydrogens is 789 g/mol. The first-order valence-electron chi connectivity index (χ1n) is 22.3. The van der Waals surface area contributed by atoms with E-state index in [1.807, 2.05) is 6.07 Å². The normalized spacial score (nSPS) is 11.7. The van der Waals surface area contributed by atoms with Crippen LogP contribution in [0.3, 0.4) is 0 Å². The maximum atomic E-state index is 6.66. The molecule has 0 saturated carbocycles. The van der Waals surface area contributed by atoms with Gasteiger partial charge in [0, 0.05) is 38.5 Å². The van der Waals surface area contributed by atoms with Crippen molar-refractivity contribution in [2.45, 2.75) is 0 Å². The standard InChI is InChI=1S/C62H40N2O/c1-3-19-47-41(15-1)17-11-24-49(47)43-33-37-45(38-34-43)63(46-39-35-44(36-40-46)50-25-12-18-42-16-2-4-20-48(42)50)56-28-8-5-21-51(56)53-26-13-30-58-61(53)55-23-6-9-29-57(55)64(58)59-31-14-27-54-52-22-7-10-32-60(52)65-62(54)59/h1-40H. The van der Waals surface area contributed by atoms with Gasteiger partial charge in [-0.25, -0.2) is 0 Å². The Labute approximate surface area is 376 Å². The van der Waals surface area contributed by atoms with Gasteiger partial charge in [-0.2, -0.15) is 0 Å². The molecule has 2 heterocycles. The highest BCUT2D eigenvalue weighted by Gasteiger charge is 2.23. The second kappa shape index (κ2) is 15.0. The molecule has 13 aromatic rings. The van der Waals surface area contributed by atoms with Crippen molar-refractivity contribution in [3.8, 4) is 39.1 Å². The zero-order valence-corrected chi connectivity index (χ0v) is 35.4. The van der Waals surface area contributed by atoms with E-state index in [0.717, 1.165) is 66.8 Å². The van der Waals surface area contributed by atoms with Crippen molar-refractivity contribution in [1.29, 1.82) is 0 Å². The lowest BCUT2D eigenvalue weighted by Crippen LogP contribution is -2.11. The predicted molar refractivity (Wildman–Crippen MR) is 274 cm³/mol. The van der Waals surface area contributed by atoms with Gasteiger partial charge in [0.15, 0.2) is 5.58 Å². The van der Waals surface area contributed by atoms with Crippen LogP contribution < -0.4 is 4.90 Å². The van der Waals surface area contributed by atoms with Crippen LogP contribution in [0.4, 0.5) is 17.1 Å². The zero-order valence-electron chi connectivity index (χ0n) is 35.4. The first-order valence-corrected chi connectivity index (χ1v) is 22.3. The van der Waals surface area contributed by atoms with E-state index in [-0.39, 0.29) is 0 Å². The average molecular weight is 829 g/mol. The number of nitrogens with zero attached hydrogens (tertiary/aromatic N) is 2. The Balaban J connectivity index is 1.01. The summed E-state index contributed by atoms with van der Waals surface area (Å²) in [6.45, 7) is 0. The van der Waals surface area contributed by atoms with Gasteiger partial charge in [-0.05, 0) is 104 Å². The SMILES string of the molecule is c1ccc(N(c2ccc(-c3cccc4ccccc34)cc2)c2ccc(-c3cccc4ccccc34)cc2)c(-c2cccc3c2c2ccccc2n3-c2cccc3c2oc2ccccc23)c1. The van der Waals surface area contributed by atoms with Crippen molar-refractivity contribution in [2.24, 2.45) is 0 Å². The molecule has 0 aliphatic carbocycles. The first-order chi connectivity index (χ1) is 32.3. The number of hydrogen-bond donors (Lipinski definition) is 0. The molecule has 3 heteroatoms. The van der Waals surface area contributed by atoms with Crippen LogP contribution in [0.15, 0.2) is 247 Å². The summed E-state index contributed by atoms with van der Waals surface area (Å²) in [6, 6.07) is 87.7. The van der Waals surface area contributed by atoms with Crippen LogP contribution in [0.2, 0.25) is 0 Å². The fraction of sp³-hybridized carbons (Fsp3) is 0. The van der Waals surface area contributed by atoms with Gasteiger partial charge in [0.25, 0.3) is 0 Å². The summed E-state index contributed by atoms with van der Waals surface area (Å²) in [7, 11) is 0. The van der Waals surface area contributed by atoms with Crippen LogP contribution >= 0.6 is 0 Å². The van der Waals surface area contributed by atoms with E-state index >= 15 is 0 Å². The molecule has 3 nitrogen and oxygen atoms in total. The largest absolute Gasteiger partial charge is 0.454 e. The quantitative estimate of drug-likeness (QED) is 0.160. The van der Waals surface area contributed by atoms with Crippen molar-refractivity contribution in [2.75, 3.05) is 4.90 Å². The van der Waals surface area contributed by atoms with Crippen LogP contribution in [-0.2, 0) is 0 Å². The fourth-order valence-electron chi connectivity index (χ4n) is 10.3. The Bertz CT molecular complexity index is 3820. The summed E-state index contributed by atoms with van der Waals surface area (Å²) >= 11 is 0. The molecule has 0 aliphatic heterocycles. The number of hydrogen-bond acceptors (Lipinski definition) is 2. The van der Waals surface area contributed by atoms with E-state index < -0.39 is 0 Å². The van der Waals surface area contributed by atoms with Crippen molar-refractivity contribution in [3.63, 3.8) is 0 Å². The highest BCUT2D eigenvalue weighted by atomic mass is 16.3. The van der Waals surface area contributed by atoms with Crippen molar-refractivity contribution in [3.05, 3.63) is 243 Å². The van der Waals surface area contributed by atoms with E-state index in [4.69, 9.17) is 4.42 Å². The fourth-order valence-corrected chi connectivity index (χ4v) is 10.3. The molecule has 0 bridgehead atoms. The van der Waals surface area contributed by atoms with Gasteiger partial charge in [-0.1, -0.05) is 188 Å². The van der Waals surface area contributed by atoms with Crippen LogP contribution in [-0.4, -0.2) is 4.57 Å². The van der Waals surface area contributed by atoms with Crippen LogP contribution in [0.5, 0.6) is 0 Å². The van der Waals surface area contributed by atoms with Crippen LogP contribution in [0.25, 0.3) is 104 Å². The Kier molecular flexibility index (Phi) is 8.53. The lowest BCUT2D eigenvalue weighted by molar-refractivity contribution is 0.666. The topological polar surface area (TPSA) is 21.3 Å². The van der Waals surface area contributed by atoms with Gasteiger partial charge in [0.2, 0.25) is 0 Å². The van der Waals surface area contributed by atoms with Crippen LogP contribution in [0.1, 0.15) is 0 Å².